The van der Waals surface area contributed by atoms with Crippen LogP contribution in [0, 0.1) is 5.82 Å². The number of benzene rings is 1. The molecule has 0 radical (unpaired) electrons. The van der Waals surface area contributed by atoms with Crippen LogP contribution in [0.5, 0.6) is 5.75 Å². The standard InChI is InChI=1S/C15H20FNO4/c1-19-12-4-3-11(14(16)7-12)9-17-5-6-21-13(10-17)8-15(18)20-2/h3-4,7,13H,5-6,8-10H2,1-2H3. The van der Waals surface area contributed by atoms with Gasteiger partial charge in [-0.05, 0) is 6.07 Å². The summed E-state index contributed by atoms with van der Waals surface area (Å²) in [7, 11) is 2.86. The number of morpholine rings is 1. The smallest absolute Gasteiger partial charge is 0.308 e. The molecule has 6 heteroatoms. The molecule has 0 amide bonds. The van der Waals surface area contributed by atoms with Crippen LogP contribution in [0.25, 0.3) is 0 Å². The third-order valence-corrected chi connectivity index (χ3v) is 3.50. The van der Waals surface area contributed by atoms with E-state index in [1.807, 2.05) is 0 Å². The maximum absolute atomic E-state index is 13.9. The molecule has 1 atom stereocenters. The molecule has 1 aromatic carbocycles. The first-order valence-electron chi connectivity index (χ1n) is 6.85. The van der Waals surface area contributed by atoms with Gasteiger partial charge in [-0.15, -0.1) is 0 Å². The summed E-state index contributed by atoms with van der Waals surface area (Å²) in [4.78, 5) is 13.3. The maximum Gasteiger partial charge on any atom is 0.308 e. The van der Waals surface area contributed by atoms with Crippen molar-refractivity contribution in [3.63, 3.8) is 0 Å². The molecule has 0 spiro atoms. The zero-order chi connectivity index (χ0) is 15.2. The molecule has 1 unspecified atom stereocenters. The molecule has 116 valence electrons. The van der Waals surface area contributed by atoms with Crippen molar-refractivity contribution in [2.24, 2.45) is 0 Å². The summed E-state index contributed by atoms with van der Waals surface area (Å²) in [5.74, 6) is -0.0790. The van der Waals surface area contributed by atoms with Gasteiger partial charge in [-0.25, -0.2) is 4.39 Å². The highest BCUT2D eigenvalue weighted by molar-refractivity contribution is 5.69. The molecule has 1 aliphatic rings. The molecule has 5 nitrogen and oxygen atoms in total. The van der Waals surface area contributed by atoms with Crippen molar-refractivity contribution in [2.45, 2.75) is 19.1 Å². The lowest BCUT2D eigenvalue weighted by Gasteiger charge is -2.32. The number of hydrogen-bond acceptors (Lipinski definition) is 5. The van der Waals surface area contributed by atoms with Gasteiger partial charge in [0.25, 0.3) is 0 Å². The van der Waals surface area contributed by atoms with E-state index >= 15 is 0 Å². The van der Waals surface area contributed by atoms with Crippen LogP contribution in [0.15, 0.2) is 18.2 Å². The summed E-state index contributed by atoms with van der Waals surface area (Å²) in [5, 5.41) is 0. The van der Waals surface area contributed by atoms with Gasteiger partial charge in [0.2, 0.25) is 0 Å². The van der Waals surface area contributed by atoms with E-state index < -0.39 is 0 Å². The van der Waals surface area contributed by atoms with Gasteiger partial charge in [0.05, 0.1) is 33.4 Å². The third kappa shape index (κ3) is 4.41. The number of methoxy groups -OCH3 is 2. The van der Waals surface area contributed by atoms with Crippen LogP contribution < -0.4 is 4.74 Å². The lowest BCUT2D eigenvalue weighted by atomic mass is 10.1. The molecule has 1 aliphatic heterocycles. The van der Waals surface area contributed by atoms with Gasteiger partial charge in [-0.1, -0.05) is 6.07 Å². The van der Waals surface area contributed by atoms with Crippen LogP contribution >= 0.6 is 0 Å². The number of nitrogens with zero attached hydrogens (tertiary/aromatic N) is 1. The largest absolute Gasteiger partial charge is 0.497 e. The van der Waals surface area contributed by atoms with Crippen molar-refractivity contribution < 1.29 is 23.4 Å². The molecule has 1 fully saturated rings. The minimum absolute atomic E-state index is 0.201. The van der Waals surface area contributed by atoms with Gasteiger partial charge in [0.1, 0.15) is 11.6 Å². The number of carbonyl (C=O) groups is 1. The average molecular weight is 297 g/mol. The van der Waals surface area contributed by atoms with Crippen molar-refractivity contribution in [3.8, 4) is 5.75 Å². The summed E-state index contributed by atoms with van der Waals surface area (Å²) in [6, 6.07) is 4.84. The zero-order valence-electron chi connectivity index (χ0n) is 12.3. The summed E-state index contributed by atoms with van der Waals surface area (Å²) in [6.07, 6.45) is 0.0190. The van der Waals surface area contributed by atoms with E-state index in [0.717, 1.165) is 0 Å². The van der Waals surface area contributed by atoms with Crippen molar-refractivity contribution in [2.75, 3.05) is 33.9 Å². The van der Waals surface area contributed by atoms with Crippen LogP contribution in [0.4, 0.5) is 4.39 Å². The zero-order valence-corrected chi connectivity index (χ0v) is 12.3. The Morgan fingerprint density at radius 1 is 1.48 bits per heavy atom. The number of esters is 1. The molecule has 21 heavy (non-hydrogen) atoms. The Morgan fingerprint density at radius 3 is 2.95 bits per heavy atom. The highest BCUT2D eigenvalue weighted by atomic mass is 19.1. The SMILES string of the molecule is COC(=O)CC1CN(Cc2ccc(OC)cc2F)CCO1. The summed E-state index contributed by atoms with van der Waals surface area (Å²) in [6.45, 7) is 2.31. The molecule has 0 N–H and O–H groups in total. The number of hydrogen-bond donors (Lipinski definition) is 0. The van der Waals surface area contributed by atoms with E-state index in [1.54, 1.807) is 12.1 Å². The van der Waals surface area contributed by atoms with E-state index in [1.165, 1.54) is 20.3 Å². The molecular weight excluding hydrogens is 277 g/mol. The molecule has 1 saturated heterocycles. The predicted molar refractivity (Wildman–Crippen MR) is 74.6 cm³/mol. The quantitative estimate of drug-likeness (QED) is 0.773. The second-order valence-corrected chi connectivity index (χ2v) is 4.97. The van der Waals surface area contributed by atoms with Gasteiger partial charge in [0, 0.05) is 31.3 Å². The summed E-state index contributed by atoms with van der Waals surface area (Å²) >= 11 is 0. The average Bonchev–Trinajstić information content (AvgIpc) is 2.49. The van der Waals surface area contributed by atoms with E-state index in [9.17, 15) is 9.18 Å². The predicted octanol–water partition coefficient (Wildman–Crippen LogP) is 1.60. The van der Waals surface area contributed by atoms with E-state index in [0.29, 0.717) is 37.6 Å². The second kappa shape index (κ2) is 7.38. The van der Waals surface area contributed by atoms with Crippen LogP contribution in [0.3, 0.4) is 0 Å². The summed E-state index contributed by atoms with van der Waals surface area (Å²) < 4.78 is 29.1. The maximum atomic E-state index is 13.9. The monoisotopic (exact) mass is 297 g/mol. The number of ether oxygens (including phenoxy) is 3. The minimum Gasteiger partial charge on any atom is -0.497 e. The number of carbonyl (C=O) groups excluding carboxylic acids is 1. The van der Waals surface area contributed by atoms with Gasteiger partial charge < -0.3 is 14.2 Å². The van der Waals surface area contributed by atoms with Crippen molar-refractivity contribution in [3.05, 3.63) is 29.6 Å². The lowest BCUT2D eigenvalue weighted by molar-refractivity contribution is -0.145. The first-order chi connectivity index (χ1) is 10.1. The molecule has 1 aromatic rings. The molecule has 0 bridgehead atoms. The van der Waals surface area contributed by atoms with Crippen LogP contribution in [-0.4, -0.2) is 50.9 Å². The van der Waals surface area contributed by atoms with E-state index in [2.05, 4.69) is 9.64 Å². The topological polar surface area (TPSA) is 48.0 Å². The molecule has 2 rings (SSSR count). The first-order valence-corrected chi connectivity index (χ1v) is 6.85. The van der Waals surface area contributed by atoms with Crippen molar-refractivity contribution in [1.82, 2.24) is 4.90 Å². The molecule has 0 aromatic heterocycles. The molecule has 0 aliphatic carbocycles. The second-order valence-electron chi connectivity index (χ2n) is 4.97. The minimum atomic E-state index is -0.294. The van der Waals surface area contributed by atoms with E-state index in [-0.39, 0.29) is 24.3 Å². The molecular formula is C15H20FNO4. The Bertz CT molecular complexity index is 495. The van der Waals surface area contributed by atoms with Crippen molar-refractivity contribution in [1.29, 1.82) is 0 Å². The fourth-order valence-corrected chi connectivity index (χ4v) is 2.34. The van der Waals surface area contributed by atoms with Crippen LogP contribution in [-0.2, 0) is 20.8 Å². The molecule has 0 saturated carbocycles. The van der Waals surface area contributed by atoms with Gasteiger partial charge in [-0.3, -0.25) is 9.69 Å². The van der Waals surface area contributed by atoms with Gasteiger partial charge >= 0.3 is 5.97 Å². The highest BCUT2D eigenvalue weighted by Crippen LogP contribution is 2.19. The Balaban J connectivity index is 1.94. The van der Waals surface area contributed by atoms with Crippen molar-refractivity contribution >= 4 is 5.97 Å². The Hall–Kier alpha value is -1.66. The lowest BCUT2D eigenvalue weighted by Crippen LogP contribution is -2.43. The van der Waals surface area contributed by atoms with Crippen LogP contribution in [0.1, 0.15) is 12.0 Å². The number of rotatable bonds is 5. The summed E-state index contributed by atoms with van der Waals surface area (Å²) in [5.41, 5.74) is 0.606. The van der Waals surface area contributed by atoms with E-state index in [4.69, 9.17) is 9.47 Å². The van der Waals surface area contributed by atoms with Crippen LogP contribution in [0.2, 0.25) is 0 Å². The van der Waals surface area contributed by atoms with Gasteiger partial charge in [0.15, 0.2) is 0 Å². The number of halogens is 1. The van der Waals surface area contributed by atoms with Gasteiger partial charge in [-0.2, -0.15) is 0 Å². The third-order valence-electron chi connectivity index (χ3n) is 3.50. The Labute approximate surface area is 123 Å². The fraction of sp³-hybridized carbons (Fsp3) is 0.533. The molecule has 1 heterocycles. The highest BCUT2D eigenvalue weighted by Gasteiger charge is 2.23. The normalized spacial score (nSPS) is 19.3. The Morgan fingerprint density at radius 2 is 2.29 bits per heavy atom. The fourth-order valence-electron chi connectivity index (χ4n) is 2.34. The Kier molecular flexibility index (Phi) is 5.52. The first kappa shape index (κ1) is 15.7.